The molecule has 2 aromatic rings. The predicted molar refractivity (Wildman–Crippen MR) is 84.3 cm³/mol. The van der Waals surface area contributed by atoms with Crippen molar-refractivity contribution in [3.05, 3.63) is 60.2 Å². The third-order valence-corrected chi connectivity index (χ3v) is 4.47. The van der Waals surface area contributed by atoms with Gasteiger partial charge in [0, 0.05) is 12.1 Å². The number of rotatable bonds is 7. The van der Waals surface area contributed by atoms with Gasteiger partial charge in [0.2, 0.25) is 0 Å². The van der Waals surface area contributed by atoms with Gasteiger partial charge in [-0.1, -0.05) is 30.3 Å². The zero-order chi connectivity index (χ0) is 16.0. The summed E-state index contributed by atoms with van der Waals surface area (Å²) in [6, 6.07) is 15.2. The van der Waals surface area contributed by atoms with Crippen LogP contribution in [0.3, 0.4) is 0 Å². The molecule has 0 fully saturated rings. The van der Waals surface area contributed by atoms with Gasteiger partial charge in [-0.15, -0.1) is 0 Å². The summed E-state index contributed by atoms with van der Waals surface area (Å²) >= 11 is 0. The van der Waals surface area contributed by atoms with Crippen molar-refractivity contribution in [3.63, 3.8) is 0 Å². The maximum absolute atomic E-state index is 12.3. The van der Waals surface area contributed by atoms with Gasteiger partial charge < -0.3 is 5.11 Å². The summed E-state index contributed by atoms with van der Waals surface area (Å²) in [5.74, 6) is -0.852. The summed E-state index contributed by atoms with van der Waals surface area (Å²) in [4.78, 5) is 10.7. The fourth-order valence-corrected chi connectivity index (χ4v) is 3.16. The number of hydrogen-bond donors (Lipinski definition) is 2. The van der Waals surface area contributed by atoms with Crippen molar-refractivity contribution in [3.8, 4) is 0 Å². The molecule has 0 heterocycles. The molecule has 0 aromatic heterocycles. The molecule has 0 bridgehead atoms. The van der Waals surface area contributed by atoms with E-state index in [0.717, 1.165) is 5.56 Å². The molecule has 2 N–H and O–H groups in total. The van der Waals surface area contributed by atoms with Crippen LogP contribution in [0, 0.1) is 0 Å². The first kappa shape index (κ1) is 16.0. The van der Waals surface area contributed by atoms with E-state index in [0.29, 0.717) is 18.5 Å². The van der Waals surface area contributed by atoms with Crippen molar-refractivity contribution in [1.82, 2.24) is 0 Å². The standard InChI is InChI=1S/C16H17NO4S/c18-16(19)11-5-7-13-6-4-10-15(12-13)22(20,21)17-14-8-2-1-3-9-14/h1-4,6,8-10,12,17H,5,7,11H2,(H,18,19). The largest absolute Gasteiger partial charge is 0.481 e. The molecule has 22 heavy (non-hydrogen) atoms. The highest BCUT2D eigenvalue weighted by molar-refractivity contribution is 7.92. The fraction of sp³-hybridized carbons (Fsp3) is 0.188. The van der Waals surface area contributed by atoms with Crippen LogP contribution in [0.5, 0.6) is 0 Å². The van der Waals surface area contributed by atoms with Crippen LogP contribution in [0.1, 0.15) is 18.4 Å². The Kier molecular flexibility index (Phi) is 5.16. The average Bonchev–Trinajstić information content (AvgIpc) is 2.48. The Morgan fingerprint density at radius 1 is 1.05 bits per heavy atom. The first-order valence-corrected chi connectivity index (χ1v) is 8.34. The molecule has 0 unspecified atom stereocenters. The van der Waals surface area contributed by atoms with Gasteiger partial charge >= 0.3 is 5.97 Å². The van der Waals surface area contributed by atoms with Crippen LogP contribution in [-0.2, 0) is 21.2 Å². The number of sulfonamides is 1. The molecule has 2 aromatic carbocycles. The van der Waals surface area contributed by atoms with E-state index in [4.69, 9.17) is 5.11 Å². The highest BCUT2D eigenvalue weighted by atomic mass is 32.2. The third-order valence-electron chi connectivity index (χ3n) is 3.09. The van der Waals surface area contributed by atoms with Crippen molar-refractivity contribution in [2.24, 2.45) is 0 Å². The highest BCUT2D eigenvalue weighted by Gasteiger charge is 2.14. The molecule has 0 atom stereocenters. The number of carboxylic acid groups (broad SMARTS) is 1. The number of hydrogen-bond acceptors (Lipinski definition) is 3. The van der Waals surface area contributed by atoms with E-state index in [9.17, 15) is 13.2 Å². The summed E-state index contributed by atoms with van der Waals surface area (Å²) in [5, 5.41) is 8.63. The van der Waals surface area contributed by atoms with Gasteiger partial charge in [-0.2, -0.15) is 0 Å². The Bertz CT molecular complexity index is 742. The molecule has 0 saturated carbocycles. The summed E-state index contributed by atoms with van der Waals surface area (Å²) in [7, 11) is -3.64. The summed E-state index contributed by atoms with van der Waals surface area (Å²) < 4.78 is 27.2. The van der Waals surface area contributed by atoms with Crippen molar-refractivity contribution < 1.29 is 18.3 Å². The lowest BCUT2D eigenvalue weighted by Gasteiger charge is -2.09. The maximum Gasteiger partial charge on any atom is 0.303 e. The van der Waals surface area contributed by atoms with Gasteiger partial charge in [0.1, 0.15) is 0 Å². The van der Waals surface area contributed by atoms with Crippen LogP contribution < -0.4 is 4.72 Å². The van der Waals surface area contributed by atoms with Gasteiger partial charge in [0.15, 0.2) is 0 Å². The topological polar surface area (TPSA) is 83.5 Å². The lowest BCUT2D eigenvalue weighted by molar-refractivity contribution is -0.137. The first-order valence-electron chi connectivity index (χ1n) is 6.86. The van der Waals surface area contributed by atoms with Gasteiger partial charge in [-0.25, -0.2) is 8.42 Å². The average molecular weight is 319 g/mol. The number of carboxylic acids is 1. The monoisotopic (exact) mass is 319 g/mol. The number of benzene rings is 2. The molecule has 0 spiro atoms. The Labute approximate surface area is 129 Å². The molecule has 0 aliphatic heterocycles. The molecular weight excluding hydrogens is 302 g/mol. The molecule has 0 amide bonds. The van der Waals surface area contributed by atoms with E-state index in [1.807, 2.05) is 0 Å². The van der Waals surface area contributed by atoms with Crippen molar-refractivity contribution in [2.75, 3.05) is 4.72 Å². The normalized spacial score (nSPS) is 11.1. The SMILES string of the molecule is O=C(O)CCCc1cccc(S(=O)(=O)Nc2ccccc2)c1. The van der Waals surface area contributed by atoms with Crippen LogP contribution in [0.15, 0.2) is 59.5 Å². The van der Waals surface area contributed by atoms with Crippen molar-refractivity contribution in [1.29, 1.82) is 0 Å². The van der Waals surface area contributed by atoms with Crippen LogP contribution in [-0.4, -0.2) is 19.5 Å². The third kappa shape index (κ3) is 4.60. The van der Waals surface area contributed by atoms with E-state index < -0.39 is 16.0 Å². The van der Waals surface area contributed by atoms with E-state index in [2.05, 4.69) is 4.72 Å². The Morgan fingerprint density at radius 3 is 2.45 bits per heavy atom. The lowest BCUT2D eigenvalue weighted by Crippen LogP contribution is -2.13. The summed E-state index contributed by atoms with van der Waals surface area (Å²) in [6.07, 6.45) is 1.07. The minimum atomic E-state index is -3.64. The number of nitrogens with one attached hydrogen (secondary N) is 1. The fourth-order valence-electron chi connectivity index (χ4n) is 2.03. The highest BCUT2D eigenvalue weighted by Crippen LogP contribution is 2.17. The second-order valence-corrected chi connectivity index (χ2v) is 6.55. The van der Waals surface area contributed by atoms with Gasteiger partial charge in [0.05, 0.1) is 4.90 Å². The van der Waals surface area contributed by atoms with E-state index in [1.165, 1.54) is 6.07 Å². The number of anilines is 1. The van der Waals surface area contributed by atoms with Crippen LogP contribution >= 0.6 is 0 Å². The smallest absolute Gasteiger partial charge is 0.303 e. The number of carbonyl (C=O) groups is 1. The summed E-state index contributed by atoms with van der Waals surface area (Å²) in [6.45, 7) is 0. The van der Waals surface area contributed by atoms with Gasteiger partial charge in [-0.3, -0.25) is 9.52 Å². The van der Waals surface area contributed by atoms with Gasteiger partial charge in [0.25, 0.3) is 10.0 Å². The minimum absolute atomic E-state index is 0.0687. The molecular formula is C16H17NO4S. The predicted octanol–water partition coefficient (Wildman–Crippen LogP) is 2.89. The Balaban J connectivity index is 2.12. The van der Waals surface area contributed by atoms with Crippen LogP contribution in [0.25, 0.3) is 0 Å². The number of para-hydroxylation sites is 1. The van der Waals surface area contributed by atoms with Crippen LogP contribution in [0.2, 0.25) is 0 Å². The molecule has 0 aliphatic carbocycles. The molecule has 0 aliphatic rings. The number of aliphatic carboxylic acids is 1. The zero-order valence-electron chi connectivity index (χ0n) is 11.9. The molecule has 116 valence electrons. The molecule has 2 rings (SSSR count). The van der Waals surface area contributed by atoms with E-state index in [1.54, 1.807) is 48.5 Å². The minimum Gasteiger partial charge on any atom is -0.481 e. The zero-order valence-corrected chi connectivity index (χ0v) is 12.7. The van der Waals surface area contributed by atoms with Crippen molar-refractivity contribution >= 4 is 21.7 Å². The maximum atomic E-state index is 12.3. The quantitative estimate of drug-likeness (QED) is 0.822. The van der Waals surface area contributed by atoms with E-state index >= 15 is 0 Å². The Morgan fingerprint density at radius 2 is 1.77 bits per heavy atom. The Hall–Kier alpha value is -2.34. The molecule has 0 saturated heterocycles. The van der Waals surface area contributed by atoms with Crippen LogP contribution in [0.4, 0.5) is 5.69 Å². The lowest BCUT2D eigenvalue weighted by atomic mass is 10.1. The summed E-state index contributed by atoms with van der Waals surface area (Å²) in [5.41, 5.74) is 1.30. The first-order chi connectivity index (χ1) is 10.5. The van der Waals surface area contributed by atoms with Gasteiger partial charge in [-0.05, 0) is 42.7 Å². The van der Waals surface area contributed by atoms with Crippen molar-refractivity contribution in [2.45, 2.75) is 24.2 Å². The molecule has 5 nitrogen and oxygen atoms in total. The molecule has 0 radical (unpaired) electrons. The second kappa shape index (κ2) is 7.09. The van der Waals surface area contributed by atoms with E-state index in [-0.39, 0.29) is 11.3 Å². The second-order valence-electron chi connectivity index (χ2n) is 4.87. The molecule has 6 heteroatoms. The number of aryl methyl sites for hydroxylation is 1.